The highest BCUT2D eigenvalue weighted by Gasteiger charge is 2.36. The fraction of sp³-hybridized carbons (Fsp3) is 0.133. The number of aryl methyl sites for hydroxylation is 1. The van der Waals surface area contributed by atoms with Gasteiger partial charge < -0.3 is 5.11 Å². The van der Waals surface area contributed by atoms with Crippen LogP contribution in [0.1, 0.15) is 21.5 Å². The monoisotopic (exact) mass is 316 g/mol. The summed E-state index contributed by atoms with van der Waals surface area (Å²) in [6.45, 7) is 1.37. The smallest absolute Gasteiger partial charge is 0.419 e. The summed E-state index contributed by atoms with van der Waals surface area (Å²) >= 11 is 0. The predicted molar refractivity (Wildman–Crippen MR) is 68.6 cm³/mol. The first kappa shape index (κ1) is 15.9. The predicted octanol–water partition coefficient (Wildman–Crippen LogP) is 4.48. The molecule has 116 valence electrons. The van der Waals surface area contributed by atoms with Crippen molar-refractivity contribution < 1.29 is 31.9 Å². The molecule has 0 amide bonds. The molecule has 7 heteroatoms. The lowest BCUT2D eigenvalue weighted by molar-refractivity contribution is -0.139. The van der Waals surface area contributed by atoms with Gasteiger partial charge in [-0.15, -0.1) is 0 Å². The molecule has 0 unspecified atom stereocenters. The summed E-state index contributed by atoms with van der Waals surface area (Å²) in [4.78, 5) is 10.8. The average molecular weight is 316 g/mol. The minimum Gasteiger partial charge on any atom is -0.507 e. The van der Waals surface area contributed by atoms with Crippen molar-refractivity contribution in [3.63, 3.8) is 0 Å². The molecule has 0 radical (unpaired) electrons. The van der Waals surface area contributed by atoms with Gasteiger partial charge >= 0.3 is 6.18 Å². The SMILES string of the molecule is Cc1cc(F)cc(O)c1-c1cc(C=O)c(F)c(C(F)(F)F)c1. The number of carbonyl (C=O) groups excluding carboxylic acids is 1. The van der Waals surface area contributed by atoms with Crippen molar-refractivity contribution in [2.75, 3.05) is 0 Å². The zero-order chi connectivity index (χ0) is 16.7. The second-order valence-electron chi connectivity index (χ2n) is 4.66. The fourth-order valence-electron chi connectivity index (χ4n) is 2.18. The number of carbonyl (C=O) groups is 1. The van der Waals surface area contributed by atoms with E-state index >= 15 is 0 Å². The van der Waals surface area contributed by atoms with Crippen molar-refractivity contribution in [2.24, 2.45) is 0 Å². The van der Waals surface area contributed by atoms with Gasteiger partial charge in [0.05, 0.1) is 11.1 Å². The summed E-state index contributed by atoms with van der Waals surface area (Å²) in [5, 5.41) is 9.75. The van der Waals surface area contributed by atoms with Gasteiger partial charge in [0.1, 0.15) is 17.4 Å². The van der Waals surface area contributed by atoms with Crippen LogP contribution in [0.25, 0.3) is 11.1 Å². The Hall–Kier alpha value is -2.44. The Kier molecular flexibility index (Phi) is 3.91. The Balaban J connectivity index is 2.80. The van der Waals surface area contributed by atoms with Crippen LogP contribution in [-0.4, -0.2) is 11.4 Å². The normalized spacial score (nSPS) is 11.5. The minimum atomic E-state index is -5.01. The summed E-state index contributed by atoms with van der Waals surface area (Å²) in [6.07, 6.45) is -5.06. The Morgan fingerprint density at radius 3 is 2.23 bits per heavy atom. The van der Waals surface area contributed by atoms with Crippen molar-refractivity contribution in [1.29, 1.82) is 0 Å². The van der Waals surface area contributed by atoms with Gasteiger partial charge in [-0.2, -0.15) is 13.2 Å². The average Bonchev–Trinajstić information content (AvgIpc) is 2.37. The van der Waals surface area contributed by atoms with Crippen LogP contribution in [-0.2, 0) is 6.18 Å². The van der Waals surface area contributed by atoms with Crippen molar-refractivity contribution in [1.82, 2.24) is 0 Å². The lowest BCUT2D eigenvalue weighted by Gasteiger charge is -2.14. The first-order valence-corrected chi connectivity index (χ1v) is 6.00. The molecular weight excluding hydrogens is 307 g/mol. The molecule has 2 aromatic rings. The second kappa shape index (κ2) is 5.40. The van der Waals surface area contributed by atoms with E-state index < -0.39 is 34.7 Å². The number of aromatic hydroxyl groups is 1. The maximum Gasteiger partial charge on any atom is 0.419 e. The summed E-state index contributed by atoms with van der Waals surface area (Å²) in [5.41, 5.74) is -2.61. The van der Waals surface area contributed by atoms with Crippen molar-refractivity contribution in [3.8, 4) is 16.9 Å². The molecule has 0 aliphatic rings. The van der Waals surface area contributed by atoms with Gasteiger partial charge in [-0.1, -0.05) is 0 Å². The molecule has 0 bridgehead atoms. The largest absolute Gasteiger partial charge is 0.507 e. The van der Waals surface area contributed by atoms with Gasteiger partial charge in [-0.3, -0.25) is 4.79 Å². The molecule has 0 aliphatic carbocycles. The van der Waals surface area contributed by atoms with Crippen LogP contribution in [0.5, 0.6) is 5.75 Å². The van der Waals surface area contributed by atoms with Gasteiger partial charge in [0.15, 0.2) is 6.29 Å². The van der Waals surface area contributed by atoms with Crippen molar-refractivity contribution in [2.45, 2.75) is 13.1 Å². The van der Waals surface area contributed by atoms with E-state index in [1.807, 2.05) is 0 Å². The number of hydrogen-bond donors (Lipinski definition) is 1. The Morgan fingerprint density at radius 1 is 1.09 bits per heavy atom. The molecule has 2 nitrogen and oxygen atoms in total. The molecule has 0 atom stereocenters. The second-order valence-corrected chi connectivity index (χ2v) is 4.66. The summed E-state index contributed by atoms with van der Waals surface area (Å²) in [7, 11) is 0. The summed E-state index contributed by atoms with van der Waals surface area (Å²) < 4.78 is 65.3. The van der Waals surface area contributed by atoms with Crippen LogP contribution in [0.4, 0.5) is 22.0 Å². The third kappa shape index (κ3) is 2.79. The van der Waals surface area contributed by atoms with Crippen LogP contribution in [0, 0.1) is 18.6 Å². The Bertz CT molecular complexity index is 727. The van der Waals surface area contributed by atoms with Crippen LogP contribution in [0.3, 0.4) is 0 Å². The van der Waals surface area contributed by atoms with Gasteiger partial charge in [0, 0.05) is 11.6 Å². The summed E-state index contributed by atoms with van der Waals surface area (Å²) in [5.74, 6) is -3.06. The van der Waals surface area contributed by atoms with E-state index in [4.69, 9.17) is 0 Å². The maximum absolute atomic E-state index is 13.7. The number of alkyl halides is 3. The molecule has 0 fully saturated rings. The molecule has 0 saturated heterocycles. The zero-order valence-electron chi connectivity index (χ0n) is 11.1. The van der Waals surface area contributed by atoms with Crippen LogP contribution in [0.2, 0.25) is 0 Å². The molecule has 2 aromatic carbocycles. The van der Waals surface area contributed by atoms with E-state index in [0.29, 0.717) is 6.07 Å². The number of phenolic OH excluding ortho intramolecular Hbond substituents is 1. The molecule has 0 saturated carbocycles. The van der Waals surface area contributed by atoms with Gasteiger partial charge in [0.2, 0.25) is 0 Å². The standard InChI is InChI=1S/C15H9F5O2/c1-7-2-10(16)5-12(22)13(7)8-3-9(6-21)14(17)11(4-8)15(18,19)20/h2-6,22H,1H3. The van der Waals surface area contributed by atoms with E-state index in [2.05, 4.69) is 0 Å². The van der Waals surface area contributed by atoms with Gasteiger partial charge in [-0.05, 0) is 36.2 Å². The fourth-order valence-corrected chi connectivity index (χ4v) is 2.18. The molecule has 0 spiro atoms. The van der Waals surface area contributed by atoms with Gasteiger partial charge in [-0.25, -0.2) is 8.78 Å². The van der Waals surface area contributed by atoms with Crippen molar-refractivity contribution >= 4 is 6.29 Å². The molecule has 0 aromatic heterocycles. The van der Waals surface area contributed by atoms with Crippen LogP contribution in [0.15, 0.2) is 24.3 Å². The highest BCUT2D eigenvalue weighted by molar-refractivity contribution is 5.82. The number of phenols is 1. The Morgan fingerprint density at radius 2 is 1.73 bits per heavy atom. The third-order valence-corrected chi connectivity index (χ3v) is 3.10. The van der Waals surface area contributed by atoms with Crippen LogP contribution < -0.4 is 0 Å². The maximum atomic E-state index is 13.7. The number of aldehydes is 1. The lowest BCUT2D eigenvalue weighted by Crippen LogP contribution is -2.10. The Labute approximate surface area is 121 Å². The van der Waals surface area contributed by atoms with E-state index in [1.165, 1.54) is 6.92 Å². The van der Waals surface area contributed by atoms with E-state index in [-0.39, 0.29) is 23.0 Å². The molecular formula is C15H9F5O2. The van der Waals surface area contributed by atoms with E-state index in [9.17, 15) is 31.9 Å². The number of halogens is 5. The first-order valence-electron chi connectivity index (χ1n) is 6.00. The van der Waals surface area contributed by atoms with Crippen molar-refractivity contribution in [3.05, 3.63) is 52.6 Å². The molecule has 22 heavy (non-hydrogen) atoms. The zero-order valence-corrected chi connectivity index (χ0v) is 11.1. The van der Waals surface area contributed by atoms with E-state index in [1.54, 1.807) is 0 Å². The molecule has 1 N–H and O–H groups in total. The topological polar surface area (TPSA) is 37.3 Å². The molecule has 0 heterocycles. The number of benzene rings is 2. The number of rotatable bonds is 2. The molecule has 0 aliphatic heterocycles. The first-order chi connectivity index (χ1) is 10.1. The number of hydrogen-bond acceptors (Lipinski definition) is 2. The molecule has 2 rings (SSSR count). The van der Waals surface area contributed by atoms with Gasteiger partial charge in [0.25, 0.3) is 0 Å². The summed E-state index contributed by atoms with van der Waals surface area (Å²) in [6, 6.07) is 3.08. The highest BCUT2D eigenvalue weighted by atomic mass is 19.4. The third-order valence-electron chi connectivity index (χ3n) is 3.10. The van der Waals surface area contributed by atoms with E-state index in [0.717, 1.165) is 18.2 Å². The van der Waals surface area contributed by atoms with Crippen LogP contribution >= 0.6 is 0 Å². The highest BCUT2D eigenvalue weighted by Crippen LogP contribution is 2.39. The minimum absolute atomic E-state index is 0.0516. The quantitative estimate of drug-likeness (QED) is 0.655. The lowest BCUT2D eigenvalue weighted by atomic mass is 9.95.